The summed E-state index contributed by atoms with van der Waals surface area (Å²) in [7, 11) is 0. The molecule has 1 atom stereocenters. The van der Waals surface area contributed by atoms with Gasteiger partial charge in [-0.2, -0.15) is 0 Å². The molecule has 1 unspecified atom stereocenters. The van der Waals surface area contributed by atoms with E-state index in [0.29, 0.717) is 18.3 Å². The van der Waals surface area contributed by atoms with Crippen LogP contribution < -0.4 is 10.6 Å². The molecule has 3 N–H and O–H groups in total. The maximum Gasteiger partial charge on any atom is 0.205 e. The normalized spacial score (nSPS) is 12.5. The highest BCUT2D eigenvalue weighted by Gasteiger charge is 2.19. The van der Waals surface area contributed by atoms with Crippen LogP contribution in [0.1, 0.15) is 38.8 Å². The highest BCUT2D eigenvalue weighted by atomic mass is 16.3. The summed E-state index contributed by atoms with van der Waals surface area (Å²) in [6.45, 7) is 6.93. The summed E-state index contributed by atoms with van der Waals surface area (Å²) in [4.78, 5) is 13.6. The fourth-order valence-corrected chi connectivity index (χ4v) is 2.87. The summed E-state index contributed by atoms with van der Waals surface area (Å²) in [5.74, 6) is 1.41. The number of imidazole rings is 1. The first-order chi connectivity index (χ1) is 12.6. The first kappa shape index (κ1) is 18.1. The lowest BCUT2D eigenvalue weighted by molar-refractivity contribution is 0.271. The van der Waals surface area contributed by atoms with Gasteiger partial charge in [0.15, 0.2) is 17.0 Å². The lowest BCUT2D eigenvalue weighted by Gasteiger charge is -2.18. The molecule has 0 aliphatic rings. The Morgan fingerprint density at radius 3 is 2.58 bits per heavy atom. The van der Waals surface area contributed by atoms with E-state index in [1.807, 2.05) is 29.7 Å². The second-order valence-corrected chi connectivity index (χ2v) is 6.56. The summed E-state index contributed by atoms with van der Waals surface area (Å²) in [5, 5.41) is 16.2. The Morgan fingerprint density at radius 1 is 1.15 bits per heavy atom. The highest BCUT2D eigenvalue weighted by molar-refractivity contribution is 5.85. The third kappa shape index (κ3) is 3.77. The fourth-order valence-electron chi connectivity index (χ4n) is 2.87. The molecule has 2 heterocycles. The van der Waals surface area contributed by atoms with Crippen molar-refractivity contribution in [2.45, 2.75) is 45.8 Å². The van der Waals surface area contributed by atoms with Crippen LogP contribution in [0.3, 0.4) is 0 Å². The van der Waals surface area contributed by atoms with Crippen LogP contribution in [0.5, 0.6) is 0 Å². The first-order valence-corrected chi connectivity index (χ1v) is 9.02. The number of aliphatic hydroxyl groups excluding tert-OH is 1. The largest absolute Gasteiger partial charge is 0.394 e. The molecule has 0 aliphatic heterocycles. The minimum Gasteiger partial charge on any atom is -0.394 e. The smallest absolute Gasteiger partial charge is 0.205 e. The Hall–Kier alpha value is -2.67. The maximum absolute atomic E-state index is 9.52. The van der Waals surface area contributed by atoms with Crippen LogP contribution in [0.2, 0.25) is 0 Å². The van der Waals surface area contributed by atoms with Gasteiger partial charge in [-0.05, 0) is 25.8 Å². The van der Waals surface area contributed by atoms with E-state index in [9.17, 15) is 5.11 Å². The standard InChI is InChI=1S/C19H26N6O/c1-4-15(11-26)23-19-24-16-17(20-10-14-8-6-5-7-9-14)21-12-22-18(16)25(19)13(2)3/h5-9,12-13,15,26H,4,10-11H2,1-3H3,(H,23,24)(H,20,21,22). The first-order valence-electron chi connectivity index (χ1n) is 9.02. The van der Waals surface area contributed by atoms with E-state index in [-0.39, 0.29) is 18.7 Å². The molecule has 0 spiro atoms. The van der Waals surface area contributed by atoms with Crippen LogP contribution >= 0.6 is 0 Å². The van der Waals surface area contributed by atoms with Crippen LogP contribution in [0.4, 0.5) is 11.8 Å². The van der Waals surface area contributed by atoms with Crippen molar-refractivity contribution in [3.8, 4) is 0 Å². The summed E-state index contributed by atoms with van der Waals surface area (Å²) in [6.07, 6.45) is 2.37. The van der Waals surface area contributed by atoms with E-state index in [4.69, 9.17) is 4.98 Å². The van der Waals surface area contributed by atoms with Gasteiger partial charge in [0.2, 0.25) is 5.95 Å². The molecule has 2 aromatic heterocycles. The number of nitrogens with zero attached hydrogens (tertiary/aromatic N) is 4. The molecule has 26 heavy (non-hydrogen) atoms. The number of fused-ring (bicyclic) bond motifs is 1. The Bertz CT molecular complexity index is 842. The quantitative estimate of drug-likeness (QED) is 0.576. The molecule has 0 radical (unpaired) electrons. The molecule has 0 fully saturated rings. The SMILES string of the molecule is CCC(CO)Nc1nc2c(NCc3ccccc3)ncnc2n1C(C)C. The van der Waals surface area contributed by atoms with Gasteiger partial charge in [0.1, 0.15) is 6.33 Å². The van der Waals surface area contributed by atoms with Gasteiger partial charge >= 0.3 is 0 Å². The summed E-state index contributed by atoms with van der Waals surface area (Å²) in [5.41, 5.74) is 2.68. The third-order valence-electron chi connectivity index (χ3n) is 4.34. The summed E-state index contributed by atoms with van der Waals surface area (Å²) < 4.78 is 2.04. The summed E-state index contributed by atoms with van der Waals surface area (Å²) >= 11 is 0. The van der Waals surface area contributed by atoms with Crippen molar-refractivity contribution in [1.29, 1.82) is 0 Å². The van der Waals surface area contributed by atoms with Crippen molar-refractivity contribution >= 4 is 22.9 Å². The molecule has 138 valence electrons. The molecule has 3 aromatic rings. The molecule has 0 aliphatic carbocycles. The number of anilines is 2. The van der Waals surface area contributed by atoms with Crippen molar-refractivity contribution in [1.82, 2.24) is 19.5 Å². The monoisotopic (exact) mass is 354 g/mol. The van der Waals surface area contributed by atoms with E-state index in [1.165, 1.54) is 5.56 Å². The Balaban J connectivity index is 1.95. The lowest BCUT2D eigenvalue weighted by atomic mass is 10.2. The van der Waals surface area contributed by atoms with Crippen molar-refractivity contribution < 1.29 is 5.11 Å². The van der Waals surface area contributed by atoms with Gasteiger partial charge in [-0.15, -0.1) is 0 Å². The number of rotatable bonds is 8. The molecule has 0 bridgehead atoms. The topological polar surface area (TPSA) is 87.9 Å². The van der Waals surface area contributed by atoms with Gasteiger partial charge in [-0.3, -0.25) is 4.57 Å². The van der Waals surface area contributed by atoms with Crippen LogP contribution in [-0.4, -0.2) is 37.3 Å². The lowest BCUT2D eigenvalue weighted by Crippen LogP contribution is -2.25. The van der Waals surface area contributed by atoms with Crippen LogP contribution in [0.15, 0.2) is 36.7 Å². The van der Waals surface area contributed by atoms with E-state index < -0.39 is 0 Å². The molecule has 7 heteroatoms. The number of aromatic nitrogens is 4. The van der Waals surface area contributed by atoms with E-state index in [0.717, 1.165) is 17.6 Å². The number of hydrogen-bond donors (Lipinski definition) is 3. The highest BCUT2D eigenvalue weighted by Crippen LogP contribution is 2.27. The predicted octanol–water partition coefficient (Wildman–Crippen LogP) is 3.20. The average Bonchev–Trinajstić information content (AvgIpc) is 3.04. The zero-order chi connectivity index (χ0) is 18.5. The second-order valence-electron chi connectivity index (χ2n) is 6.56. The zero-order valence-corrected chi connectivity index (χ0v) is 15.5. The molecular weight excluding hydrogens is 328 g/mol. The third-order valence-corrected chi connectivity index (χ3v) is 4.34. The molecule has 0 saturated heterocycles. The van der Waals surface area contributed by atoms with Gasteiger partial charge in [0, 0.05) is 12.6 Å². The number of hydrogen-bond acceptors (Lipinski definition) is 6. The van der Waals surface area contributed by atoms with Crippen molar-refractivity contribution in [3.05, 3.63) is 42.2 Å². The van der Waals surface area contributed by atoms with E-state index in [2.05, 4.69) is 46.6 Å². The van der Waals surface area contributed by atoms with E-state index >= 15 is 0 Å². The van der Waals surface area contributed by atoms with Crippen molar-refractivity contribution in [2.75, 3.05) is 17.2 Å². The molecule has 7 nitrogen and oxygen atoms in total. The fraction of sp³-hybridized carbons (Fsp3) is 0.421. The minimum absolute atomic E-state index is 0.0435. The van der Waals surface area contributed by atoms with Crippen molar-refractivity contribution in [3.63, 3.8) is 0 Å². The molecule has 1 aromatic carbocycles. The molecule has 0 amide bonds. The molecule has 0 saturated carbocycles. The maximum atomic E-state index is 9.52. The van der Waals surface area contributed by atoms with Gasteiger partial charge in [0.25, 0.3) is 0 Å². The number of aliphatic hydroxyl groups is 1. The predicted molar refractivity (Wildman–Crippen MR) is 104 cm³/mol. The van der Waals surface area contributed by atoms with Gasteiger partial charge in [0.05, 0.1) is 12.6 Å². The number of benzene rings is 1. The Labute approximate surface area is 153 Å². The van der Waals surface area contributed by atoms with Gasteiger partial charge in [-0.25, -0.2) is 15.0 Å². The van der Waals surface area contributed by atoms with Crippen LogP contribution in [0, 0.1) is 0 Å². The van der Waals surface area contributed by atoms with Crippen LogP contribution in [0.25, 0.3) is 11.2 Å². The minimum atomic E-state index is -0.0435. The molecular formula is C19H26N6O. The Kier molecular flexibility index (Phi) is 5.68. The summed E-state index contributed by atoms with van der Waals surface area (Å²) in [6, 6.07) is 10.3. The molecule has 3 rings (SSSR count). The number of nitrogens with one attached hydrogen (secondary N) is 2. The second kappa shape index (κ2) is 8.14. The van der Waals surface area contributed by atoms with Gasteiger partial charge in [-0.1, -0.05) is 37.3 Å². The van der Waals surface area contributed by atoms with Crippen LogP contribution in [-0.2, 0) is 6.54 Å². The Morgan fingerprint density at radius 2 is 1.92 bits per heavy atom. The average molecular weight is 354 g/mol. The van der Waals surface area contributed by atoms with Crippen molar-refractivity contribution in [2.24, 2.45) is 0 Å². The van der Waals surface area contributed by atoms with Gasteiger partial charge < -0.3 is 15.7 Å². The zero-order valence-electron chi connectivity index (χ0n) is 15.5. The van der Waals surface area contributed by atoms with E-state index in [1.54, 1.807) is 6.33 Å².